The van der Waals surface area contributed by atoms with E-state index in [1.165, 1.54) is 4.68 Å². The van der Waals surface area contributed by atoms with Crippen LogP contribution in [0.15, 0.2) is 24.3 Å². The third-order valence-corrected chi connectivity index (χ3v) is 3.88. The van der Waals surface area contributed by atoms with E-state index in [0.29, 0.717) is 40.9 Å². The summed E-state index contributed by atoms with van der Waals surface area (Å²) in [6.07, 6.45) is 0.607. The topological polar surface area (TPSA) is 103 Å². The Bertz CT molecular complexity index is 995. The SMILES string of the molecule is CCc1nn(-c2cc(Oc3cc(C)cc(C)c3)nc(C)n2)c(N)c1C#N. The van der Waals surface area contributed by atoms with Gasteiger partial charge in [-0.2, -0.15) is 20.0 Å². The molecule has 0 aliphatic rings. The van der Waals surface area contributed by atoms with Gasteiger partial charge in [0.1, 0.15) is 29.0 Å². The van der Waals surface area contributed by atoms with E-state index in [-0.39, 0.29) is 5.82 Å². The molecule has 132 valence electrons. The Morgan fingerprint density at radius 1 is 1.12 bits per heavy atom. The second kappa shape index (κ2) is 6.84. The van der Waals surface area contributed by atoms with Crippen molar-refractivity contribution in [3.8, 4) is 23.5 Å². The molecule has 26 heavy (non-hydrogen) atoms. The van der Waals surface area contributed by atoms with Gasteiger partial charge in [-0.25, -0.2) is 4.98 Å². The number of anilines is 1. The predicted molar refractivity (Wildman–Crippen MR) is 98.4 cm³/mol. The maximum Gasteiger partial charge on any atom is 0.224 e. The Labute approximate surface area is 152 Å². The zero-order chi connectivity index (χ0) is 18.8. The number of aryl methyl sites for hydroxylation is 4. The molecule has 0 unspecified atom stereocenters. The van der Waals surface area contributed by atoms with Crippen molar-refractivity contribution >= 4 is 5.82 Å². The summed E-state index contributed by atoms with van der Waals surface area (Å²) in [5.74, 6) is 2.34. The van der Waals surface area contributed by atoms with Crippen LogP contribution < -0.4 is 10.5 Å². The van der Waals surface area contributed by atoms with Crippen LogP contribution in [0.2, 0.25) is 0 Å². The molecule has 0 saturated heterocycles. The van der Waals surface area contributed by atoms with E-state index in [4.69, 9.17) is 10.5 Å². The van der Waals surface area contributed by atoms with Gasteiger partial charge in [0, 0.05) is 6.07 Å². The van der Waals surface area contributed by atoms with Crippen LogP contribution in [0.3, 0.4) is 0 Å². The first kappa shape index (κ1) is 17.4. The molecule has 0 amide bonds. The molecule has 2 heterocycles. The molecule has 0 radical (unpaired) electrons. The number of aromatic nitrogens is 4. The third kappa shape index (κ3) is 3.35. The number of hydrogen-bond donors (Lipinski definition) is 1. The van der Waals surface area contributed by atoms with E-state index in [1.807, 2.05) is 32.9 Å². The van der Waals surface area contributed by atoms with Gasteiger partial charge in [-0.05, 0) is 50.5 Å². The zero-order valence-electron chi connectivity index (χ0n) is 15.2. The number of nitriles is 1. The standard InChI is InChI=1S/C19H20N6O/c1-5-16-15(10-20)19(21)25(24-16)17-9-18(23-13(4)22-17)26-14-7-11(2)6-12(3)8-14/h6-9H,5,21H2,1-4H3. The summed E-state index contributed by atoms with van der Waals surface area (Å²) in [5, 5.41) is 13.7. The molecule has 0 saturated carbocycles. The normalized spacial score (nSPS) is 10.6. The van der Waals surface area contributed by atoms with Crippen molar-refractivity contribution in [2.45, 2.75) is 34.1 Å². The number of nitrogens with zero attached hydrogens (tertiary/aromatic N) is 5. The summed E-state index contributed by atoms with van der Waals surface area (Å²) in [6, 6.07) is 9.72. The highest BCUT2D eigenvalue weighted by Crippen LogP contribution is 2.25. The fourth-order valence-corrected chi connectivity index (χ4v) is 2.82. The molecular formula is C19H20N6O. The van der Waals surface area contributed by atoms with Gasteiger partial charge in [0.2, 0.25) is 5.88 Å². The lowest BCUT2D eigenvalue weighted by Crippen LogP contribution is -2.07. The fourth-order valence-electron chi connectivity index (χ4n) is 2.82. The van der Waals surface area contributed by atoms with E-state index in [1.54, 1.807) is 13.0 Å². The predicted octanol–water partition coefficient (Wildman–Crippen LogP) is 3.40. The van der Waals surface area contributed by atoms with E-state index in [0.717, 1.165) is 11.1 Å². The minimum atomic E-state index is 0.264. The van der Waals surface area contributed by atoms with Crippen LogP contribution in [-0.4, -0.2) is 19.7 Å². The molecule has 7 nitrogen and oxygen atoms in total. The quantitative estimate of drug-likeness (QED) is 0.775. The average molecular weight is 348 g/mol. The molecular weight excluding hydrogens is 328 g/mol. The van der Waals surface area contributed by atoms with Gasteiger partial charge in [-0.3, -0.25) is 0 Å². The molecule has 7 heteroatoms. The van der Waals surface area contributed by atoms with Crippen molar-refractivity contribution in [2.75, 3.05) is 5.73 Å². The van der Waals surface area contributed by atoms with Gasteiger partial charge in [0.25, 0.3) is 0 Å². The molecule has 3 aromatic rings. The highest BCUT2D eigenvalue weighted by atomic mass is 16.5. The Balaban J connectivity index is 2.04. The van der Waals surface area contributed by atoms with Crippen molar-refractivity contribution in [2.24, 2.45) is 0 Å². The van der Waals surface area contributed by atoms with Gasteiger partial charge in [-0.15, -0.1) is 0 Å². The highest BCUT2D eigenvalue weighted by Gasteiger charge is 2.17. The van der Waals surface area contributed by atoms with Gasteiger partial charge < -0.3 is 10.5 Å². The number of nitrogens with two attached hydrogens (primary N) is 1. The van der Waals surface area contributed by atoms with E-state index in [2.05, 4.69) is 27.2 Å². The largest absolute Gasteiger partial charge is 0.439 e. The van der Waals surface area contributed by atoms with Crippen LogP contribution >= 0.6 is 0 Å². The first-order valence-electron chi connectivity index (χ1n) is 8.31. The monoisotopic (exact) mass is 348 g/mol. The molecule has 1 aromatic carbocycles. The van der Waals surface area contributed by atoms with Crippen molar-refractivity contribution in [3.63, 3.8) is 0 Å². The first-order valence-corrected chi connectivity index (χ1v) is 8.31. The van der Waals surface area contributed by atoms with Crippen molar-refractivity contribution in [1.82, 2.24) is 19.7 Å². The Morgan fingerprint density at radius 2 is 1.81 bits per heavy atom. The first-order chi connectivity index (χ1) is 12.4. The van der Waals surface area contributed by atoms with E-state index >= 15 is 0 Å². The Hall–Kier alpha value is -3.40. The van der Waals surface area contributed by atoms with Crippen molar-refractivity contribution in [1.29, 1.82) is 5.26 Å². The highest BCUT2D eigenvalue weighted by molar-refractivity contribution is 5.55. The van der Waals surface area contributed by atoms with Gasteiger partial charge >= 0.3 is 0 Å². The van der Waals surface area contributed by atoms with Crippen LogP contribution in [0.5, 0.6) is 11.6 Å². The van der Waals surface area contributed by atoms with Crippen LogP contribution in [0, 0.1) is 32.1 Å². The maximum absolute atomic E-state index is 9.31. The number of ether oxygens (including phenoxy) is 1. The van der Waals surface area contributed by atoms with Gasteiger partial charge in [-0.1, -0.05) is 13.0 Å². The van der Waals surface area contributed by atoms with Gasteiger partial charge in [0.05, 0.1) is 5.69 Å². The summed E-state index contributed by atoms with van der Waals surface area (Å²) < 4.78 is 7.37. The number of nitrogen functional groups attached to an aromatic ring is 1. The van der Waals surface area contributed by atoms with Crippen molar-refractivity contribution in [3.05, 3.63) is 52.5 Å². The van der Waals surface area contributed by atoms with Gasteiger partial charge in [0.15, 0.2) is 5.82 Å². The molecule has 3 rings (SSSR count). The molecule has 0 spiro atoms. The zero-order valence-corrected chi connectivity index (χ0v) is 15.2. The van der Waals surface area contributed by atoms with Crippen LogP contribution in [0.4, 0.5) is 5.82 Å². The smallest absolute Gasteiger partial charge is 0.224 e. The Kier molecular flexibility index (Phi) is 4.59. The van der Waals surface area contributed by atoms with E-state index in [9.17, 15) is 5.26 Å². The summed E-state index contributed by atoms with van der Waals surface area (Å²) in [5.41, 5.74) is 9.31. The summed E-state index contributed by atoms with van der Waals surface area (Å²) in [4.78, 5) is 8.72. The minimum absolute atomic E-state index is 0.264. The third-order valence-electron chi connectivity index (χ3n) is 3.88. The summed E-state index contributed by atoms with van der Waals surface area (Å²) >= 11 is 0. The van der Waals surface area contributed by atoms with E-state index < -0.39 is 0 Å². The number of benzene rings is 1. The maximum atomic E-state index is 9.31. The molecule has 2 N–H and O–H groups in total. The van der Waals surface area contributed by atoms with Crippen LogP contribution in [-0.2, 0) is 6.42 Å². The fraction of sp³-hybridized carbons (Fsp3) is 0.263. The molecule has 0 atom stereocenters. The van der Waals surface area contributed by atoms with Crippen LogP contribution in [0.1, 0.15) is 35.1 Å². The van der Waals surface area contributed by atoms with Crippen LogP contribution in [0.25, 0.3) is 5.82 Å². The molecule has 0 aliphatic carbocycles. The lowest BCUT2D eigenvalue weighted by molar-refractivity contribution is 0.458. The molecule has 0 fully saturated rings. The molecule has 0 aliphatic heterocycles. The average Bonchev–Trinajstić information content (AvgIpc) is 2.89. The number of rotatable bonds is 4. The second-order valence-corrected chi connectivity index (χ2v) is 6.12. The lowest BCUT2D eigenvalue weighted by Gasteiger charge is -2.10. The number of hydrogen-bond acceptors (Lipinski definition) is 6. The molecule has 0 bridgehead atoms. The summed E-state index contributed by atoms with van der Waals surface area (Å²) in [7, 11) is 0. The lowest BCUT2D eigenvalue weighted by atomic mass is 10.1. The van der Waals surface area contributed by atoms with Crippen molar-refractivity contribution < 1.29 is 4.74 Å². The second-order valence-electron chi connectivity index (χ2n) is 6.12. The molecule has 2 aromatic heterocycles. The summed E-state index contributed by atoms with van der Waals surface area (Å²) in [6.45, 7) is 7.71. The minimum Gasteiger partial charge on any atom is -0.439 e. The Morgan fingerprint density at radius 3 is 2.38 bits per heavy atom.